The average Bonchev–Trinajstić information content (AvgIpc) is 3.58. The van der Waals surface area contributed by atoms with Gasteiger partial charge >= 0.3 is 0 Å². The third kappa shape index (κ3) is 4.77. The molecule has 58 heavy (non-hydrogen) atoms. The monoisotopic (exact) mass is 740 g/mol. The molecule has 1 aliphatic carbocycles. The fourth-order valence-corrected chi connectivity index (χ4v) is 9.26. The Morgan fingerprint density at radius 1 is 0.328 bits per heavy atom. The van der Waals surface area contributed by atoms with E-state index in [-0.39, 0.29) is 0 Å². The Morgan fingerprint density at radius 3 is 1.55 bits per heavy atom. The van der Waals surface area contributed by atoms with Crippen molar-refractivity contribution in [3.8, 4) is 68.0 Å². The smallest absolute Gasteiger partial charge is 0.164 e. The number of hydrogen-bond acceptors (Lipinski definition) is 5. The molecule has 0 amide bonds. The molecular formula is C53H32N4O. The summed E-state index contributed by atoms with van der Waals surface area (Å²) >= 11 is 0. The van der Waals surface area contributed by atoms with Crippen LogP contribution in [0.4, 0.5) is 0 Å². The lowest BCUT2D eigenvalue weighted by molar-refractivity contribution is 0.436. The van der Waals surface area contributed by atoms with Gasteiger partial charge in [0.1, 0.15) is 11.5 Å². The number of nitrogens with zero attached hydrogens (tertiary/aromatic N) is 4. The molecule has 8 aromatic carbocycles. The second kappa shape index (κ2) is 12.6. The van der Waals surface area contributed by atoms with E-state index in [1.165, 1.54) is 22.3 Å². The molecule has 0 unspecified atom stereocenters. The Balaban J connectivity index is 1.12. The standard InChI is InChI=1S/C53H32N4O/c1-3-16-33(17-4-1)50-55-51(34-18-5-2-6-19-34)57-52(56-50)36-21-15-20-35(30-36)49-41-32-45-40(31-39(41)38-23-8-12-27-46(38)54-49)37-22-7-9-24-42(37)53(45)43-25-10-13-28-47(43)58-48-29-14-11-26-44(48)53/h1-32H. The van der Waals surface area contributed by atoms with E-state index in [9.17, 15) is 0 Å². The van der Waals surface area contributed by atoms with Gasteiger partial charge < -0.3 is 4.74 Å². The quantitative estimate of drug-likeness (QED) is 0.168. The lowest BCUT2D eigenvalue weighted by Crippen LogP contribution is -2.32. The minimum absolute atomic E-state index is 0.594. The molecule has 1 aliphatic heterocycles. The molecule has 1 spiro atoms. The molecule has 0 radical (unpaired) electrons. The Kier molecular flexibility index (Phi) is 7.07. The predicted octanol–water partition coefficient (Wildman–Crippen LogP) is 12.7. The van der Waals surface area contributed by atoms with Crippen LogP contribution in [0.3, 0.4) is 0 Å². The summed E-state index contributed by atoms with van der Waals surface area (Å²) in [6.45, 7) is 0. The van der Waals surface area contributed by atoms with Gasteiger partial charge in [-0.15, -0.1) is 0 Å². The highest BCUT2D eigenvalue weighted by molar-refractivity contribution is 6.13. The molecule has 5 nitrogen and oxygen atoms in total. The lowest BCUT2D eigenvalue weighted by atomic mass is 9.66. The Morgan fingerprint density at radius 2 is 0.862 bits per heavy atom. The zero-order valence-electron chi connectivity index (χ0n) is 31.2. The van der Waals surface area contributed by atoms with Gasteiger partial charge in [0.25, 0.3) is 0 Å². The van der Waals surface area contributed by atoms with Crippen LogP contribution in [0.5, 0.6) is 11.5 Å². The van der Waals surface area contributed by atoms with E-state index in [4.69, 9.17) is 24.7 Å². The SMILES string of the molecule is c1ccc(-c2nc(-c3ccccc3)nc(-c3cccc(-c4nc5ccccc5c5cc6c(cc45)C4(c5ccccc5Oc5ccccc54)c4ccccc4-6)c3)n2)cc1. The van der Waals surface area contributed by atoms with Gasteiger partial charge in [-0.05, 0) is 64.0 Å². The normalized spacial score (nSPS) is 13.1. The van der Waals surface area contributed by atoms with E-state index < -0.39 is 5.41 Å². The van der Waals surface area contributed by atoms with Gasteiger partial charge in [-0.3, -0.25) is 0 Å². The number of hydrogen-bond donors (Lipinski definition) is 0. The molecule has 0 fully saturated rings. The third-order valence-corrected chi connectivity index (χ3v) is 11.8. The first-order valence-corrected chi connectivity index (χ1v) is 19.6. The number of rotatable bonds is 4. The van der Waals surface area contributed by atoms with E-state index in [0.717, 1.165) is 72.2 Å². The van der Waals surface area contributed by atoms with Gasteiger partial charge in [-0.2, -0.15) is 0 Å². The minimum atomic E-state index is -0.594. The molecule has 0 bridgehead atoms. The zero-order valence-corrected chi connectivity index (χ0v) is 31.2. The molecule has 2 aliphatic rings. The number of para-hydroxylation sites is 3. The van der Waals surface area contributed by atoms with Crippen molar-refractivity contribution in [2.75, 3.05) is 0 Å². The molecule has 0 saturated heterocycles. The molecule has 10 aromatic rings. The van der Waals surface area contributed by atoms with Crippen molar-refractivity contribution in [3.63, 3.8) is 0 Å². The maximum Gasteiger partial charge on any atom is 0.164 e. The number of fused-ring (bicyclic) bond motifs is 12. The molecule has 270 valence electrons. The van der Waals surface area contributed by atoms with Gasteiger partial charge in [-0.1, -0.05) is 158 Å². The van der Waals surface area contributed by atoms with Crippen LogP contribution < -0.4 is 4.74 Å². The Hall–Kier alpha value is -7.76. The number of benzene rings is 8. The maximum atomic E-state index is 6.63. The highest BCUT2D eigenvalue weighted by Gasteiger charge is 2.51. The summed E-state index contributed by atoms with van der Waals surface area (Å²) in [5, 5.41) is 3.35. The van der Waals surface area contributed by atoms with Crippen molar-refractivity contribution >= 4 is 21.7 Å². The fourth-order valence-electron chi connectivity index (χ4n) is 9.26. The summed E-state index contributed by atoms with van der Waals surface area (Å²) < 4.78 is 6.63. The summed E-state index contributed by atoms with van der Waals surface area (Å²) in [5.41, 5.74) is 12.2. The number of pyridine rings is 1. The van der Waals surface area contributed by atoms with E-state index in [2.05, 4.69) is 133 Å². The molecule has 12 rings (SSSR count). The van der Waals surface area contributed by atoms with Gasteiger partial charge in [0, 0.05) is 44.2 Å². The molecule has 0 saturated carbocycles. The van der Waals surface area contributed by atoms with Crippen molar-refractivity contribution in [1.82, 2.24) is 19.9 Å². The molecule has 0 N–H and O–H groups in total. The third-order valence-electron chi connectivity index (χ3n) is 11.8. The van der Waals surface area contributed by atoms with E-state index in [1.54, 1.807) is 0 Å². The van der Waals surface area contributed by atoms with Gasteiger partial charge in [0.15, 0.2) is 17.5 Å². The molecule has 5 heteroatoms. The summed E-state index contributed by atoms with van der Waals surface area (Å²) in [5.74, 6) is 3.60. The van der Waals surface area contributed by atoms with Gasteiger partial charge in [-0.25, -0.2) is 19.9 Å². The van der Waals surface area contributed by atoms with Crippen molar-refractivity contribution in [1.29, 1.82) is 0 Å². The second-order valence-corrected chi connectivity index (χ2v) is 14.9. The highest BCUT2D eigenvalue weighted by Crippen LogP contribution is 2.62. The number of aromatic nitrogens is 4. The summed E-state index contributed by atoms with van der Waals surface area (Å²) in [6.07, 6.45) is 0. The second-order valence-electron chi connectivity index (χ2n) is 14.9. The van der Waals surface area contributed by atoms with Crippen LogP contribution in [0.25, 0.3) is 78.2 Å². The first kappa shape index (κ1) is 32.5. The van der Waals surface area contributed by atoms with Crippen LogP contribution in [0.2, 0.25) is 0 Å². The van der Waals surface area contributed by atoms with Crippen LogP contribution >= 0.6 is 0 Å². The number of ether oxygens (including phenoxy) is 1. The molecule has 3 heterocycles. The van der Waals surface area contributed by atoms with Crippen molar-refractivity contribution in [2.24, 2.45) is 0 Å². The fraction of sp³-hybridized carbons (Fsp3) is 0.0189. The van der Waals surface area contributed by atoms with E-state index >= 15 is 0 Å². The van der Waals surface area contributed by atoms with Crippen LogP contribution in [0.15, 0.2) is 194 Å². The average molecular weight is 741 g/mol. The first-order valence-electron chi connectivity index (χ1n) is 19.6. The zero-order chi connectivity index (χ0) is 38.2. The summed E-state index contributed by atoms with van der Waals surface area (Å²) in [7, 11) is 0. The summed E-state index contributed by atoms with van der Waals surface area (Å²) in [6, 6.07) is 67.8. The molecular weight excluding hydrogens is 709 g/mol. The largest absolute Gasteiger partial charge is 0.457 e. The van der Waals surface area contributed by atoms with Crippen molar-refractivity contribution < 1.29 is 4.74 Å². The van der Waals surface area contributed by atoms with Gasteiger partial charge in [0.2, 0.25) is 0 Å². The molecule has 0 atom stereocenters. The predicted molar refractivity (Wildman–Crippen MR) is 232 cm³/mol. The first-order chi connectivity index (χ1) is 28.7. The van der Waals surface area contributed by atoms with Crippen LogP contribution in [-0.4, -0.2) is 19.9 Å². The highest BCUT2D eigenvalue weighted by atomic mass is 16.5. The van der Waals surface area contributed by atoms with Gasteiger partial charge in [0.05, 0.1) is 16.6 Å². The lowest BCUT2D eigenvalue weighted by Gasteiger charge is -2.39. The van der Waals surface area contributed by atoms with Crippen LogP contribution in [-0.2, 0) is 5.41 Å². The van der Waals surface area contributed by atoms with E-state index in [1.807, 2.05) is 60.7 Å². The topological polar surface area (TPSA) is 60.8 Å². The maximum absolute atomic E-state index is 6.63. The Bertz CT molecular complexity index is 3170. The van der Waals surface area contributed by atoms with Crippen LogP contribution in [0.1, 0.15) is 22.3 Å². The van der Waals surface area contributed by atoms with Crippen molar-refractivity contribution in [3.05, 3.63) is 216 Å². The van der Waals surface area contributed by atoms with Crippen molar-refractivity contribution in [2.45, 2.75) is 5.41 Å². The minimum Gasteiger partial charge on any atom is -0.457 e. The Labute approximate surface area is 335 Å². The molecule has 2 aromatic heterocycles. The van der Waals surface area contributed by atoms with E-state index in [0.29, 0.717) is 17.5 Å². The summed E-state index contributed by atoms with van der Waals surface area (Å²) in [4.78, 5) is 20.5. The van der Waals surface area contributed by atoms with Crippen LogP contribution in [0, 0.1) is 0 Å².